The molecule has 0 amide bonds. The van der Waals surface area contributed by atoms with E-state index < -0.39 is 0 Å². The Morgan fingerprint density at radius 3 is 2.59 bits per heavy atom. The van der Waals surface area contributed by atoms with E-state index in [0.29, 0.717) is 6.42 Å². The second-order valence-electron chi connectivity index (χ2n) is 6.25. The van der Waals surface area contributed by atoms with Crippen LogP contribution in [0.5, 0.6) is 0 Å². The van der Waals surface area contributed by atoms with Crippen LogP contribution in [0.4, 0.5) is 5.69 Å². The molecule has 4 nitrogen and oxygen atoms in total. The number of hydrogen-bond donors (Lipinski definition) is 1. The maximum Gasteiger partial charge on any atom is 0.0629 e. The number of nitrogens with two attached hydrogens (primary N) is 1. The minimum atomic E-state index is 0.209. The van der Waals surface area contributed by atoms with Gasteiger partial charge in [-0.3, -0.25) is 9.89 Å². The third-order valence-corrected chi connectivity index (χ3v) is 4.33. The Morgan fingerprint density at radius 2 is 2.00 bits per heavy atom. The van der Waals surface area contributed by atoms with Crippen molar-refractivity contribution in [1.29, 1.82) is 5.26 Å². The van der Waals surface area contributed by atoms with E-state index in [0.717, 1.165) is 38.2 Å². The summed E-state index contributed by atoms with van der Waals surface area (Å²) < 4.78 is 0. The lowest BCUT2D eigenvalue weighted by molar-refractivity contribution is 0.116. The van der Waals surface area contributed by atoms with Crippen molar-refractivity contribution < 1.29 is 0 Å². The van der Waals surface area contributed by atoms with E-state index >= 15 is 0 Å². The largest absolute Gasteiger partial charge is 0.405 e. The molecule has 2 N–H and O–H groups in total. The lowest BCUT2D eigenvalue weighted by atomic mass is 9.78. The summed E-state index contributed by atoms with van der Waals surface area (Å²) in [5, 5.41) is 8.90. The third-order valence-electron chi connectivity index (χ3n) is 4.33. The Kier molecular flexibility index (Phi) is 5.74. The van der Waals surface area contributed by atoms with Gasteiger partial charge in [-0.15, -0.1) is 0 Å². The molecule has 0 spiro atoms. The molecule has 116 valence electrons. The monoisotopic (exact) mass is 296 g/mol. The first-order valence-corrected chi connectivity index (χ1v) is 7.74. The Hall–Kier alpha value is -2.12. The molecular weight excluding hydrogens is 272 g/mol. The zero-order valence-electron chi connectivity index (χ0n) is 13.2. The van der Waals surface area contributed by atoms with Crippen LogP contribution < -0.4 is 5.73 Å². The fraction of sp³-hybridized carbons (Fsp3) is 0.444. The van der Waals surface area contributed by atoms with Crippen LogP contribution in [0.3, 0.4) is 0 Å². The normalized spacial score (nSPS) is 18.7. The third kappa shape index (κ3) is 4.71. The van der Waals surface area contributed by atoms with Gasteiger partial charge < -0.3 is 5.73 Å². The van der Waals surface area contributed by atoms with Crippen LogP contribution in [-0.2, 0) is 6.54 Å². The molecule has 0 atom stereocenters. The molecule has 4 heteroatoms. The number of allylic oxidation sites excluding steroid dienone is 1. The Balaban J connectivity index is 1.86. The van der Waals surface area contributed by atoms with Gasteiger partial charge in [0.25, 0.3) is 0 Å². The van der Waals surface area contributed by atoms with Crippen molar-refractivity contribution in [3.63, 3.8) is 0 Å². The smallest absolute Gasteiger partial charge is 0.0629 e. The summed E-state index contributed by atoms with van der Waals surface area (Å²) in [4.78, 5) is 6.75. The average Bonchev–Trinajstić information content (AvgIpc) is 2.52. The second-order valence-corrected chi connectivity index (χ2v) is 6.25. The Morgan fingerprint density at radius 1 is 1.32 bits per heavy atom. The summed E-state index contributed by atoms with van der Waals surface area (Å²) in [5.74, 6) is 0. The van der Waals surface area contributed by atoms with Crippen molar-refractivity contribution >= 4 is 11.9 Å². The number of nitrogens with zero attached hydrogens (tertiary/aromatic N) is 3. The van der Waals surface area contributed by atoms with Crippen LogP contribution in [0.25, 0.3) is 0 Å². The fourth-order valence-electron chi connectivity index (χ4n) is 2.74. The molecule has 1 aliphatic heterocycles. The summed E-state index contributed by atoms with van der Waals surface area (Å²) >= 11 is 0. The van der Waals surface area contributed by atoms with Crippen LogP contribution in [0.2, 0.25) is 0 Å². The summed E-state index contributed by atoms with van der Waals surface area (Å²) in [6.45, 7) is 5.34. The first-order chi connectivity index (χ1) is 10.6. The van der Waals surface area contributed by atoms with Gasteiger partial charge in [-0.2, -0.15) is 5.26 Å². The number of hydrogen-bond acceptors (Lipinski definition) is 4. The molecular formula is C18H24N4. The highest BCUT2D eigenvalue weighted by atomic mass is 15.1. The molecule has 2 rings (SSSR count). The van der Waals surface area contributed by atoms with E-state index in [1.807, 2.05) is 12.1 Å². The predicted octanol–water partition coefficient (Wildman–Crippen LogP) is 3.38. The molecule has 0 radical (unpaired) electrons. The van der Waals surface area contributed by atoms with Crippen molar-refractivity contribution in [2.45, 2.75) is 32.7 Å². The van der Waals surface area contributed by atoms with Gasteiger partial charge in [0.1, 0.15) is 0 Å². The van der Waals surface area contributed by atoms with Crippen molar-refractivity contribution in [3.8, 4) is 6.07 Å². The molecule has 1 aliphatic rings. The van der Waals surface area contributed by atoms with Gasteiger partial charge in [-0.05, 0) is 61.3 Å². The van der Waals surface area contributed by atoms with Crippen molar-refractivity contribution in [2.24, 2.45) is 16.1 Å². The van der Waals surface area contributed by atoms with E-state index in [9.17, 15) is 0 Å². The molecule has 1 aromatic rings. The molecule has 1 heterocycles. The lowest BCUT2D eigenvalue weighted by Gasteiger charge is -2.38. The standard InChI is InChI=1S/C18H24N4/c1-18(7-11-20)8-13-22(14-9-18)15-16-3-5-17(6-4-16)21-12-2-10-19/h2-6,10,12H,7-9,13-15,19H2,1H3. The van der Waals surface area contributed by atoms with E-state index in [1.54, 1.807) is 12.3 Å². The van der Waals surface area contributed by atoms with Gasteiger partial charge in [0, 0.05) is 19.2 Å². The van der Waals surface area contributed by atoms with E-state index in [2.05, 4.69) is 35.0 Å². The van der Waals surface area contributed by atoms with E-state index in [4.69, 9.17) is 11.0 Å². The van der Waals surface area contributed by atoms with Crippen molar-refractivity contribution in [3.05, 3.63) is 42.1 Å². The highest BCUT2D eigenvalue weighted by molar-refractivity contribution is 5.74. The number of rotatable bonds is 5. The van der Waals surface area contributed by atoms with Gasteiger partial charge in [0.05, 0.1) is 11.8 Å². The topological polar surface area (TPSA) is 65.4 Å². The first-order valence-electron chi connectivity index (χ1n) is 7.74. The van der Waals surface area contributed by atoms with Gasteiger partial charge in [0.2, 0.25) is 0 Å². The molecule has 0 unspecified atom stereocenters. The molecule has 0 saturated carbocycles. The Labute approximate surface area is 133 Å². The summed E-state index contributed by atoms with van der Waals surface area (Å²) in [6, 6.07) is 10.6. The molecule has 22 heavy (non-hydrogen) atoms. The molecule has 0 aromatic heterocycles. The van der Waals surface area contributed by atoms with Crippen LogP contribution >= 0.6 is 0 Å². The summed E-state index contributed by atoms with van der Waals surface area (Å²) in [5.41, 5.74) is 7.71. The van der Waals surface area contributed by atoms with Gasteiger partial charge in [0.15, 0.2) is 0 Å². The number of likely N-dealkylation sites (tertiary alicyclic amines) is 1. The Bertz CT molecular complexity index is 558. The maximum absolute atomic E-state index is 8.90. The number of benzene rings is 1. The highest BCUT2D eigenvalue weighted by Crippen LogP contribution is 2.34. The molecule has 0 aliphatic carbocycles. The average molecular weight is 296 g/mol. The second kappa shape index (κ2) is 7.77. The zero-order chi connectivity index (χ0) is 15.8. The van der Waals surface area contributed by atoms with Crippen molar-refractivity contribution in [2.75, 3.05) is 13.1 Å². The van der Waals surface area contributed by atoms with Gasteiger partial charge >= 0.3 is 0 Å². The van der Waals surface area contributed by atoms with Crippen LogP contribution in [-0.4, -0.2) is 24.2 Å². The molecule has 1 saturated heterocycles. The summed E-state index contributed by atoms with van der Waals surface area (Å²) in [6.07, 6.45) is 7.75. The molecule has 0 bridgehead atoms. The number of nitriles is 1. The minimum absolute atomic E-state index is 0.209. The van der Waals surface area contributed by atoms with Crippen LogP contribution in [0.1, 0.15) is 31.7 Å². The first kappa shape index (κ1) is 16.3. The lowest BCUT2D eigenvalue weighted by Crippen LogP contribution is -2.38. The van der Waals surface area contributed by atoms with Gasteiger partial charge in [-0.25, -0.2) is 0 Å². The van der Waals surface area contributed by atoms with Crippen LogP contribution in [0, 0.1) is 16.7 Å². The summed E-state index contributed by atoms with van der Waals surface area (Å²) in [7, 11) is 0. The molecule has 1 fully saturated rings. The van der Waals surface area contributed by atoms with E-state index in [1.165, 1.54) is 11.8 Å². The fourth-order valence-corrected chi connectivity index (χ4v) is 2.74. The number of aliphatic imine (C=N–C) groups is 1. The SMILES string of the molecule is CC1(CC#N)CCN(Cc2ccc(N=CC=CN)cc2)CC1. The van der Waals surface area contributed by atoms with Crippen molar-refractivity contribution in [1.82, 2.24) is 4.90 Å². The van der Waals surface area contributed by atoms with E-state index in [-0.39, 0.29) is 5.41 Å². The number of piperidine rings is 1. The van der Waals surface area contributed by atoms with Gasteiger partial charge in [-0.1, -0.05) is 19.1 Å². The molecule has 1 aromatic carbocycles. The quantitative estimate of drug-likeness (QED) is 0.847. The zero-order valence-corrected chi connectivity index (χ0v) is 13.2. The van der Waals surface area contributed by atoms with Crippen LogP contribution in [0.15, 0.2) is 41.5 Å². The highest BCUT2D eigenvalue weighted by Gasteiger charge is 2.29. The minimum Gasteiger partial charge on any atom is -0.405 e. The predicted molar refractivity (Wildman–Crippen MR) is 90.8 cm³/mol. The maximum atomic E-state index is 8.90.